The minimum Gasteiger partial charge on any atom is -0.481 e. The van der Waals surface area contributed by atoms with Crippen LogP contribution in [0.3, 0.4) is 0 Å². The molecule has 0 saturated carbocycles. The predicted molar refractivity (Wildman–Crippen MR) is 82.4 cm³/mol. The number of rotatable bonds is 4. The van der Waals surface area contributed by atoms with E-state index in [2.05, 4.69) is 9.88 Å². The van der Waals surface area contributed by atoms with Gasteiger partial charge < -0.3 is 5.11 Å². The van der Waals surface area contributed by atoms with Crippen LogP contribution < -0.4 is 0 Å². The van der Waals surface area contributed by atoms with Crippen LogP contribution in [0.4, 0.5) is 0 Å². The number of piperidine rings is 1. The second kappa shape index (κ2) is 5.95. The van der Waals surface area contributed by atoms with Crippen molar-refractivity contribution in [2.75, 3.05) is 13.1 Å². The average Bonchev–Trinajstić information content (AvgIpc) is 3.02. The van der Waals surface area contributed by atoms with Crippen molar-refractivity contribution < 1.29 is 9.90 Å². The summed E-state index contributed by atoms with van der Waals surface area (Å²) >= 11 is 1.65. The monoisotopic (exact) mass is 302 g/mol. The number of carboxylic acids is 1. The van der Waals surface area contributed by atoms with Crippen LogP contribution >= 0.6 is 11.3 Å². The first kappa shape index (κ1) is 14.2. The number of thiazole rings is 1. The first-order valence-electron chi connectivity index (χ1n) is 7.09. The molecule has 0 radical (unpaired) electrons. The zero-order chi connectivity index (χ0) is 14.7. The van der Waals surface area contributed by atoms with Gasteiger partial charge >= 0.3 is 5.97 Å². The topological polar surface area (TPSA) is 53.4 Å². The number of benzene rings is 1. The highest BCUT2D eigenvalue weighted by atomic mass is 32.1. The standard InChI is InChI=1S/C16H18N2O2S/c19-15(20)16(13-4-2-1-3-5-13)6-8-18(9-7-16)11-14-10-17-12-21-14/h1-5,10,12H,6-9,11H2,(H,19,20). The number of nitrogens with zero attached hydrogens (tertiary/aromatic N) is 2. The maximum absolute atomic E-state index is 11.9. The van der Waals surface area contributed by atoms with E-state index in [1.807, 2.05) is 42.0 Å². The van der Waals surface area contributed by atoms with Crippen molar-refractivity contribution in [3.05, 3.63) is 52.5 Å². The fourth-order valence-electron chi connectivity index (χ4n) is 3.02. The summed E-state index contributed by atoms with van der Waals surface area (Å²) in [7, 11) is 0. The minimum absolute atomic E-state index is 0.658. The number of carbonyl (C=O) groups is 1. The summed E-state index contributed by atoms with van der Waals surface area (Å²) in [6, 6.07) is 9.64. The van der Waals surface area contributed by atoms with E-state index in [0.29, 0.717) is 12.8 Å². The summed E-state index contributed by atoms with van der Waals surface area (Å²) in [5, 5.41) is 9.76. The zero-order valence-corrected chi connectivity index (χ0v) is 12.6. The Hall–Kier alpha value is -1.72. The zero-order valence-electron chi connectivity index (χ0n) is 11.7. The van der Waals surface area contributed by atoms with Crippen LogP contribution in [0.25, 0.3) is 0 Å². The lowest BCUT2D eigenvalue weighted by molar-refractivity contribution is -0.146. The normalized spacial score (nSPS) is 18.5. The average molecular weight is 302 g/mol. The fourth-order valence-corrected chi connectivity index (χ4v) is 3.65. The smallest absolute Gasteiger partial charge is 0.314 e. The first-order chi connectivity index (χ1) is 10.2. The number of aromatic nitrogens is 1. The van der Waals surface area contributed by atoms with E-state index in [4.69, 9.17) is 0 Å². The molecule has 1 fully saturated rings. The Bertz CT molecular complexity index is 590. The van der Waals surface area contributed by atoms with E-state index in [0.717, 1.165) is 25.2 Å². The third-order valence-electron chi connectivity index (χ3n) is 4.31. The molecule has 4 nitrogen and oxygen atoms in total. The van der Waals surface area contributed by atoms with Crippen molar-refractivity contribution in [2.45, 2.75) is 24.8 Å². The predicted octanol–water partition coefficient (Wildman–Crippen LogP) is 2.76. The molecule has 1 saturated heterocycles. The number of hydrogen-bond donors (Lipinski definition) is 1. The SMILES string of the molecule is O=C(O)C1(c2ccccc2)CCN(Cc2cncs2)CC1. The molecule has 1 N–H and O–H groups in total. The molecule has 0 bridgehead atoms. The number of carboxylic acid groups (broad SMARTS) is 1. The highest BCUT2D eigenvalue weighted by Gasteiger charge is 2.42. The Kier molecular flexibility index (Phi) is 4.03. The van der Waals surface area contributed by atoms with Crippen molar-refractivity contribution >= 4 is 17.3 Å². The molecule has 0 atom stereocenters. The maximum Gasteiger partial charge on any atom is 0.314 e. The number of likely N-dealkylation sites (tertiary alicyclic amines) is 1. The lowest BCUT2D eigenvalue weighted by atomic mass is 9.73. The van der Waals surface area contributed by atoms with E-state index in [9.17, 15) is 9.90 Å². The van der Waals surface area contributed by atoms with Gasteiger partial charge in [-0.25, -0.2) is 0 Å². The van der Waals surface area contributed by atoms with E-state index >= 15 is 0 Å². The lowest BCUT2D eigenvalue weighted by Crippen LogP contribution is -2.47. The largest absolute Gasteiger partial charge is 0.481 e. The Morgan fingerprint density at radius 2 is 2.00 bits per heavy atom. The molecule has 1 aliphatic heterocycles. The van der Waals surface area contributed by atoms with E-state index in [1.54, 1.807) is 11.3 Å². The van der Waals surface area contributed by atoms with Gasteiger partial charge in [-0.1, -0.05) is 30.3 Å². The highest BCUT2D eigenvalue weighted by molar-refractivity contribution is 7.09. The Labute approximate surface area is 128 Å². The van der Waals surface area contributed by atoms with Gasteiger partial charge in [-0.15, -0.1) is 11.3 Å². The van der Waals surface area contributed by atoms with Gasteiger partial charge in [-0.2, -0.15) is 0 Å². The van der Waals surface area contributed by atoms with Gasteiger partial charge in [0.2, 0.25) is 0 Å². The summed E-state index contributed by atoms with van der Waals surface area (Å²) in [6.45, 7) is 2.48. The molecule has 1 aromatic carbocycles. The summed E-state index contributed by atoms with van der Waals surface area (Å²) in [5.74, 6) is -0.703. The molecular formula is C16H18N2O2S. The van der Waals surface area contributed by atoms with E-state index in [1.165, 1.54) is 4.88 Å². The molecular weight excluding hydrogens is 284 g/mol. The van der Waals surface area contributed by atoms with Crippen molar-refractivity contribution in [1.29, 1.82) is 0 Å². The van der Waals surface area contributed by atoms with Crippen LogP contribution in [0.15, 0.2) is 42.0 Å². The number of aliphatic carboxylic acids is 1. The van der Waals surface area contributed by atoms with Gasteiger partial charge in [-0.05, 0) is 31.5 Å². The lowest BCUT2D eigenvalue weighted by Gasteiger charge is -2.39. The Balaban J connectivity index is 1.73. The number of hydrogen-bond acceptors (Lipinski definition) is 4. The quantitative estimate of drug-likeness (QED) is 0.943. The van der Waals surface area contributed by atoms with Gasteiger partial charge in [-0.3, -0.25) is 14.7 Å². The maximum atomic E-state index is 11.9. The van der Waals surface area contributed by atoms with Crippen molar-refractivity contribution in [3.8, 4) is 0 Å². The van der Waals surface area contributed by atoms with Gasteiger partial charge in [0.1, 0.15) is 0 Å². The van der Waals surface area contributed by atoms with Crippen LogP contribution in [0, 0.1) is 0 Å². The first-order valence-corrected chi connectivity index (χ1v) is 7.97. The van der Waals surface area contributed by atoms with Crippen molar-refractivity contribution in [1.82, 2.24) is 9.88 Å². The van der Waals surface area contributed by atoms with Gasteiger partial charge in [0.05, 0.1) is 10.9 Å². The van der Waals surface area contributed by atoms with Crippen LogP contribution in [0.5, 0.6) is 0 Å². The molecule has 1 aliphatic rings. The third-order valence-corrected chi connectivity index (χ3v) is 5.07. The molecule has 0 spiro atoms. The van der Waals surface area contributed by atoms with Crippen LogP contribution in [-0.2, 0) is 16.8 Å². The third kappa shape index (κ3) is 2.84. The summed E-state index contributed by atoms with van der Waals surface area (Å²) in [4.78, 5) is 19.5. The molecule has 0 unspecified atom stereocenters. The molecule has 2 aromatic rings. The Morgan fingerprint density at radius 3 is 2.57 bits per heavy atom. The second-order valence-corrected chi connectivity index (χ2v) is 6.47. The molecule has 2 heterocycles. The summed E-state index contributed by atoms with van der Waals surface area (Å²) in [6.07, 6.45) is 3.21. The minimum atomic E-state index is -0.731. The second-order valence-electron chi connectivity index (χ2n) is 5.50. The summed E-state index contributed by atoms with van der Waals surface area (Å²) in [5.41, 5.74) is 2.03. The van der Waals surface area contributed by atoms with Crippen LogP contribution in [0.1, 0.15) is 23.3 Å². The van der Waals surface area contributed by atoms with Gasteiger partial charge in [0.25, 0.3) is 0 Å². The summed E-state index contributed by atoms with van der Waals surface area (Å²) < 4.78 is 0. The van der Waals surface area contributed by atoms with Crippen molar-refractivity contribution in [3.63, 3.8) is 0 Å². The molecule has 21 heavy (non-hydrogen) atoms. The van der Waals surface area contributed by atoms with Crippen molar-refractivity contribution in [2.24, 2.45) is 0 Å². The van der Waals surface area contributed by atoms with Gasteiger partial charge in [0.15, 0.2) is 0 Å². The van der Waals surface area contributed by atoms with E-state index < -0.39 is 11.4 Å². The molecule has 110 valence electrons. The molecule has 1 aromatic heterocycles. The van der Waals surface area contributed by atoms with Crippen LogP contribution in [0.2, 0.25) is 0 Å². The molecule has 0 aliphatic carbocycles. The van der Waals surface area contributed by atoms with Crippen LogP contribution in [-0.4, -0.2) is 34.0 Å². The molecule has 5 heteroatoms. The fraction of sp³-hybridized carbons (Fsp3) is 0.375. The molecule has 3 rings (SSSR count). The Morgan fingerprint density at radius 1 is 1.29 bits per heavy atom. The van der Waals surface area contributed by atoms with Gasteiger partial charge in [0, 0.05) is 17.6 Å². The molecule has 0 amide bonds. The van der Waals surface area contributed by atoms with E-state index in [-0.39, 0.29) is 0 Å². The highest BCUT2D eigenvalue weighted by Crippen LogP contribution is 2.36.